The number of hydrogen-bond acceptors (Lipinski definition) is 7. The van der Waals surface area contributed by atoms with Crippen LogP contribution in [-0.4, -0.2) is 41.1 Å². The summed E-state index contributed by atoms with van der Waals surface area (Å²) in [6.45, 7) is 2.24. The predicted molar refractivity (Wildman–Crippen MR) is 122 cm³/mol. The molecule has 1 amide bonds. The summed E-state index contributed by atoms with van der Waals surface area (Å²) >= 11 is 0. The molecule has 0 saturated carbocycles. The van der Waals surface area contributed by atoms with E-state index in [-0.39, 0.29) is 18.0 Å². The molecule has 0 spiro atoms. The average Bonchev–Trinajstić information content (AvgIpc) is 3.45. The minimum absolute atomic E-state index is 0.0122. The summed E-state index contributed by atoms with van der Waals surface area (Å²) in [5.74, 6) is 2.65. The van der Waals surface area contributed by atoms with Gasteiger partial charge in [-0.05, 0) is 43.2 Å². The van der Waals surface area contributed by atoms with Crippen LogP contribution in [0.15, 0.2) is 65.3 Å². The fourth-order valence-corrected chi connectivity index (χ4v) is 4.29. The molecule has 8 nitrogen and oxygen atoms in total. The van der Waals surface area contributed by atoms with Gasteiger partial charge in [0.15, 0.2) is 11.5 Å². The zero-order chi connectivity index (χ0) is 22.9. The van der Waals surface area contributed by atoms with Crippen LogP contribution in [0.3, 0.4) is 0 Å². The molecule has 170 valence electrons. The summed E-state index contributed by atoms with van der Waals surface area (Å²) in [7, 11) is 3.23. The van der Waals surface area contributed by atoms with Crippen molar-refractivity contribution in [2.24, 2.45) is 0 Å². The zero-order valence-corrected chi connectivity index (χ0v) is 18.8. The van der Waals surface area contributed by atoms with Crippen molar-refractivity contribution in [1.29, 1.82) is 0 Å². The van der Waals surface area contributed by atoms with Crippen LogP contribution in [0.2, 0.25) is 0 Å². The molecule has 1 fully saturated rings. The zero-order valence-electron chi connectivity index (χ0n) is 18.8. The monoisotopic (exact) mass is 446 g/mol. The van der Waals surface area contributed by atoms with E-state index in [1.807, 2.05) is 66.7 Å². The summed E-state index contributed by atoms with van der Waals surface area (Å²) in [5, 5.41) is 1.88. The summed E-state index contributed by atoms with van der Waals surface area (Å²) in [6, 6.07) is 15.3. The van der Waals surface area contributed by atoms with E-state index in [0.29, 0.717) is 36.1 Å². The number of carbonyl (C=O) groups excluding carboxylic acids is 1. The Morgan fingerprint density at radius 1 is 1.09 bits per heavy atom. The molecule has 3 aromatic rings. The van der Waals surface area contributed by atoms with Crippen molar-refractivity contribution in [3.63, 3.8) is 0 Å². The molecule has 2 aliphatic rings. The lowest BCUT2D eigenvalue weighted by Gasteiger charge is -2.31. The summed E-state index contributed by atoms with van der Waals surface area (Å²) < 4.78 is 16.6. The van der Waals surface area contributed by atoms with E-state index < -0.39 is 0 Å². The first kappa shape index (κ1) is 21.1. The molecule has 3 heterocycles. The molecule has 1 N–H and O–H groups in total. The van der Waals surface area contributed by atoms with Crippen LogP contribution < -0.4 is 14.9 Å². The number of hydrogen-bond donors (Lipinski definition) is 1. The quantitative estimate of drug-likeness (QED) is 0.617. The number of nitrogens with one attached hydrogen (secondary N) is 1. The Labute approximate surface area is 192 Å². The van der Waals surface area contributed by atoms with Crippen LogP contribution in [0.1, 0.15) is 29.5 Å². The Balaban J connectivity index is 1.31. The van der Waals surface area contributed by atoms with Gasteiger partial charge in [0.25, 0.3) is 5.91 Å². The van der Waals surface area contributed by atoms with Crippen molar-refractivity contribution in [3.8, 4) is 23.0 Å². The second-order valence-corrected chi connectivity index (χ2v) is 8.11. The van der Waals surface area contributed by atoms with E-state index in [1.165, 1.54) is 0 Å². The van der Waals surface area contributed by atoms with Gasteiger partial charge in [0.1, 0.15) is 17.5 Å². The maximum absolute atomic E-state index is 13.3. The third-order valence-electron chi connectivity index (χ3n) is 6.12. The van der Waals surface area contributed by atoms with E-state index in [2.05, 4.69) is 10.4 Å². The van der Waals surface area contributed by atoms with Gasteiger partial charge in [-0.25, -0.2) is 10.4 Å². The standard InChI is InChI=1S/C25H26N4O4/c1-16-20(26-24(33-16)17-7-5-4-6-8-17)15-28-11-12-29-21(25(28)30)14-19(27-29)18-9-10-22(31-2)23(13-18)32-3/h4-13,19,21,27H,14-15H2,1-3H3. The number of nitrogens with zero attached hydrogens (tertiary/aromatic N) is 3. The molecular formula is C25H26N4O4. The lowest BCUT2D eigenvalue weighted by molar-refractivity contribution is -0.135. The third-order valence-corrected chi connectivity index (χ3v) is 6.12. The SMILES string of the molecule is COc1ccc(C2CC3C(=O)N(Cc4nc(-c5ccccc5)oc4C)C=CN3N2)cc1OC. The molecule has 5 rings (SSSR count). The van der Waals surface area contributed by atoms with Gasteiger partial charge in [-0.15, -0.1) is 0 Å². The number of rotatable bonds is 6. The molecular weight excluding hydrogens is 420 g/mol. The van der Waals surface area contributed by atoms with Gasteiger partial charge in [0.2, 0.25) is 5.89 Å². The van der Waals surface area contributed by atoms with Crippen LogP contribution >= 0.6 is 0 Å². The van der Waals surface area contributed by atoms with Crippen molar-refractivity contribution >= 4 is 5.91 Å². The average molecular weight is 447 g/mol. The van der Waals surface area contributed by atoms with Crippen molar-refractivity contribution < 1.29 is 18.7 Å². The van der Waals surface area contributed by atoms with Crippen molar-refractivity contribution in [2.75, 3.05) is 14.2 Å². The number of carbonyl (C=O) groups is 1. The van der Waals surface area contributed by atoms with Gasteiger partial charge >= 0.3 is 0 Å². The first-order valence-corrected chi connectivity index (χ1v) is 10.8. The number of oxazole rings is 1. The van der Waals surface area contributed by atoms with E-state index in [4.69, 9.17) is 13.9 Å². The normalized spacial score (nSPS) is 19.7. The van der Waals surface area contributed by atoms with Crippen molar-refractivity contribution in [2.45, 2.75) is 32.0 Å². The molecule has 1 saturated heterocycles. The second kappa shape index (κ2) is 8.63. The van der Waals surface area contributed by atoms with Crippen LogP contribution in [-0.2, 0) is 11.3 Å². The number of fused-ring (bicyclic) bond motifs is 1. The van der Waals surface area contributed by atoms with Gasteiger partial charge < -0.3 is 23.8 Å². The molecule has 2 aliphatic heterocycles. The Hall–Kier alpha value is -3.78. The number of aromatic nitrogens is 1. The Morgan fingerprint density at radius 2 is 1.88 bits per heavy atom. The largest absolute Gasteiger partial charge is 0.493 e. The lowest BCUT2D eigenvalue weighted by Crippen LogP contribution is -2.47. The van der Waals surface area contributed by atoms with E-state index in [0.717, 1.165) is 16.8 Å². The van der Waals surface area contributed by atoms with Crippen LogP contribution in [0.5, 0.6) is 11.5 Å². The molecule has 2 unspecified atom stereocenters. The number of hydrazine groups is 1. The fourth-order valence-electron chi connectivity index (χ4n) is 4.29. The van der Waals surface area contributed by atoms with Gasteiger partial charge in [0, 0.05) is 18.0 Å². The summed E-state index contributed by atoms with van der Waals surface area (Å²) in [4.78, 5) is 19.6. The minimum atomic E-state index is -0.297. The topological polar surface area (TPSA) is 80.1 Å². The fraction of sp³-hybridized carbons (Fsp3) is 0.280. The maximum Gasteiger partial charge on any atom is 0.251 e. The van der Waals surface area contributed by atoms with Crippen LogP contribution in [0.25, 0.3) is 11.5 Å². The minimum Gasteiger partial charge on any atom is -0.493 e. The smallest absolute Gasteiger partial charge is 0.251 e. The number of benzene rings is 2. The highest BCUT2D eigenvalue weighted by molar-refractivity contribution is 5.84. The number of amides is 1. The number of ether oxygens (including phenoxy) is 2. The molecule has 1 aromatic heterocycles. The maximum atomic E-state index is 13.3. The van der Waals surface area contributed by atoms with E-state index >= 15 is 0 Å². The molecule has 33 heavy (non-hydrogen) atoms. The van der Waals surface area contributed by atoms with Gasteiger partial charge in [-0.3, -0.25) is 4.79 Å². The molecule has 0 aliphatic carbocycles. The first-order chi connectivity index (χ1) is 16.1. The van der Waals surface area contributed by atoms with Gasteiger partial charge in [-0.1, -0.05) is 24.3 Å². The van der Waals surface area contributed by atoms with Gasteiger partial charge in [-0.2, -0.15) is 0 Å². The molecule has 2 aromatic carbocycles. The van der Waals surface area contributed by atoms with Crippen molar-refractivity contribution in [3.05, 3.63) is 77.9 Å². The number of aryl methyl sites for hydroxylation is 1. The highest BCUT2D eigenvalue weighted by Gasteiger charge is 2.40. The van der Waals surface area contributed by atoms with Gasteiger partial charge in [0.05, 0.1) is 26.8 Å². The molecule has 2 atom stereocenters. The highest BCUT2D eigenvalue weighted by Crippen LogP contribution is 2.36. The predicted octanol–water partition coefficient (Wildman–Crippen LogP) is 3.80. The molecule has 0 radical (unpaired) electrons. The third kappa shape index (κ3) is 3.93. The number of methoxy groups -OCH3 is 2. The summed E-state index contributed by atoms with van der Waals surface area (Å²) in [6.07, 6.45) is 4.34. The first-order valence-electron chi connectivity index (χ1n) is 10.8. The Kier molecular flexibility index (Phi) is 5.51. The second-order valence-electron chi connectivity index (χ2n) is 8.11. The lowest BCUT2D eigenvalue weighted by atomic mass is 10.0. The van der Waals surface area contributed by atoms with E-state index in [1.54, 1.807) is 25.3 Å². The van der Waals surface area contributed by atoms with Crippen LogP contribution in [0, 0.1) is 6.92 Å². The van der Waals surface area contributed by atoms with Crippen molar-refractivity contribution in [1.82, 2.24) is 20.3 Å². The Bertz CT molecular complexity index is 1190. The molecule has 8 heteroatoms. The Morgan fingerprint density at radius 3 is 2.64 bits per heavy atom. The van der Waals surface area contributed by atoms with Crippen LogP contribution in [0.4, 0.5) is 0 Å². The highest BCUT2D eigenvalue weighted by atomic mass is 16.5. The summed E-state index contributed by atoms with van der Waals surface area (Å²) in [5.41, 5.74) is 6.12. The molecule has 0 bridgehead atoms. The van der Waals surface area contributed by atoms with E-state index in [9.17, 15) is 4.79 Å².